The first-order valence-electron chi connectivity index (χ1n) is 6.69. The van der Waals surface area contributed by atoms with Gasteiger partial charge in [-0.1, -0.05) is 12.1 Å². The lowest BCUT2D eigenvalue weighted by Gasteiger charge is -2.07. The van der Waals surface area contributed by atoms with Crippen LogP contribution in [0.25, 0.3) is 0 Å². The Kier molecular flexibility index (Phi) is 3.80. The maximum Gasteiger partial charge on any atom is 0.359 e. The highest BCUT2D eigenvalue weighted by Gasteiger charge is 2.33. The third-order valence-corrected chi connectivity index (χ3v) is 4.28. The van der Waals surface area contributed by atoms with E-state index in [-0.39, 0.29) is 11.5 Å². The van der Waals surface area contributed by atoms with E-state index in [1.165, 1.54) is 19.2 Å². The topological polar surface area (TPSA) is 44.1 Å². The second kappa shape index (κ2) is 5.60. The Hall–Kier alpha value is -1.69. The summed E-state index contributed by atoms with van der Waals surface area (Å²) >= 11 is 3.45. The minimum Gasteiger partial charge on any atom is -0.464 e. The Bertz CT molecular complexity index is 695. The van der Waals surface area contributed by atoms with Crippen LogP contribution in [-0.4, -0.2) is 22.9 Å². The number of benzene rings is 1. The fourth-order valence-corrected chi connectivity index (χ4v) is 3.13. The molecular formula is C15H14BrFN2O2. The van der Waals surface area contributed by atoms with Gasteiger partial charge in [-0.25, -0.2) is 9.18 Å². The summed E-state index contributed by atoms with van der Waals surface area (Å²) in [6.07, 6.45) is 2.15. The third-order valence-electron chi connectivity index (χ3n) is 3.50. The lowest BCUT2D eigenvalue weighted by Crippen LogP contribution is -2.08. The molecule has 1 heterocycles. The van der Waals surface area contributed by atoms with Gasteiger partial charge < -0.3 is 4.74 Å². The Morgan fingerprint density at radius 1 is 1.52 bits per heavy atom. The van der Waals surface area contributed by atoms with Crippen LogP contribution in [0.5, 0.6) is 0 Å². The molecule has 1 aromatic heterocycles. The summed E-state index contributed by atoms with van der Waals surface area (Å²) in [4.78, 5) is 11.8. The smallest absolute Gasteiger partial charge is 0.359 e. The summed E-state index contributed by atoms with van der Waals surface area (Å²) in [6.45, 7) is 0.430. The molecule has 4 nitrogen and oxygen atoms in total. The molecule has 21 heavy (non-hydrogen) atoms. The highest BCUT2D eigenvalue weighted by molar-refractivity contribution is 9.10. The van der Waals surface area contributed by atoms with Crippen LogP contribution in [-0.2, 0) is 11.3 Å². The number of esters is 1. The molecule has 1 aliphatic carbocycles. The van der Waals surface area contributed by atoms with Crippen LogP contribution in [0.3, 0.4) is 0 Å². The first-order chi connectivity index (χ1) is 10.1. The predicted molar refractivity (Wildman–Crippen MR) is 78.7 cm³/mol. The molecule has 0 saturated heterocycles. The fourth-order valence-electron chi connectivity index (χ4n) is 2.36. The molecule has 0 amide bonds. The molecule has 0 N–H and O–H groups in total. The van der Waals surface area contributed by atoms with Crippen molar-refractivity contribution in [3.05, 3.63) is 51.5 Å². The van der Waals surface area contributed by atoms with Gasteiger partial charge in [-0.15, -0.1) is 0 Å². The van der Waals surface area contributed by atoms with Gasteiger partial charge in [0, 0.05) is 5.92 Å². The average molecular weight is 353 g/mol. The SMILES string of the molecule is COC(=O)c1nn(Cc2cccc(F)c2)c(C2CC2)c1Br. The molecule has 0 unspecified atom stereocenters. The quantitative estimate of drug-likeness (QED) is 0.791. The van der Waals surface area contributed by atoms with E-state index < -0.39 is 5.97 Å². The van der Waals surface area contributed by atoms with Gasteiger partial charge in [-0.3, -0.25) is 4.68 Å². The second-order valence-corrected chi connectivity index (χ2v) is 5.89. The third kappa shape index (κ3) is 2.85. The van der Waals surface area contributed by atoms with Crippen molar-refractivity contribution in [1.82, 2.24) is 9.78 Å². The van der Waals surface area contributed by atoms with E-state index in [0.29, 0.717) is 16.9 Å². The minimum atomic E-state index is -0.471. The molecule has 0 radical (unpaired) electrons. The van der Waals surface area contributed by atoms with Crippen molar-refractivity contribution in [3.8, 4) is 0 Å². The van der Waals surface area contributed by atoms with Gasteiger partial charge in [0.05, 0.1) is 23.8 Å². The van der Waals surface area contributed by atoms with Crippen LogP contribution < -0.4 is 0 Å². The van der Waals surface area contributed by atoms with Crippen LogP contribution >= 0.6 is 15.9 Å². The zero-order valence-electron chi connectivity index (χ0n) is 11.5. The largest absolute Gasteiger partial charge is 0.464 e. The maximum atomic E-state index is 13.3. The number of aromatic nitrogens is 2. The Balaban J connectivity index is 1.99. The number of methoxy groups -OCH3 is 1. The molecule has 1 aromatic carbocycles. The van der Waals surface area contributed by atoms with Gasteiger partial charge in [0.1, 0.15) is 5.82 Å². The standard InChI is InChI=1S/C15H14BrFN2O2/c1-21-15(20)13-12(16)14(10-5-6-10)19(18-13)8-9-3-2-4-11(17)7-9/h2-4,7,10H,5-6,8H2,1H3. The van der Waals surface area contributed by atoms with E-state index in [2.05, 4.69) is 21.0 Å². The number of nitrogens with zero attached hydrogens (tertiary/aromatic N) is 2. The Morgan fingerprint density at radius 3 is 2.90 bits per heavy atom. The molecule has 0 spiro atoms. The predicted octanol–water partition coefficient (Wildman–Crippen LogP) is 3.50. The van der Waals surface area contributed by atoms with E-state index in [4.69, 9.17) is 4.74 Å². The highest BCUT2D eigenvalue weighted by Crippen LogP contribution is 2.44. The van der Waals surface area contributed by atoms with Gasteiger partial charge in [-0.05, 0) is 46.5 Å². The van der Waals surface area contributed by atoms with E-state index >= 15 is 0 Å². The number of halogens is 2. The van der Waals surface area contributed by atoms with Crippen molar-refractivity contribution >= 4 is 21.9 Å². The van der Waals surface area contributed by atoms with Crippen molar-refractivity contribution in [1.29, 1.82) is 0 Å². The summed E-state index contributed by atoms with van der Waals surface area (Å²) in [6, 6.07) is 6.39. The second-order valence-electron chi connectivity index (χ2n) is 5.10. The van der Waals surface area contributed by atoms with Gasteiger partial charge in [0.15, 0.2) is 5.69 Å². The normalized spacial score (nSPS) is 14.2. The number of ether oxygens (including phenoxy) is 1. The van der Waals surface area contributed by atoms with Crippen LogP contribution in [0.2, 0.25) is 0 Å². The lowest BCUT2D eigenvalue weighted by molar-refractivity contribution is 0.0592. The molecule has 2 aromatic rings. The number of carbonyl (C=O) groups excluding carboxylic acids is 1. The number of carbonyl (C=O) groups is 1. The van der Waals surface area contributed by atoms with Crippen molar-refractivity contribution in [2.45, 2.75) is 25.3 Å². The summed E-state index contributed by atoms with van der Waals surface area (Å²) in [7, 11) is 1.33. The first kappa shape index (κ1) is 14.3. The van der Waals surface area contributed by atoms with Gasteiger partial charge in [0.2, 0.25) is 0 Å². The van der Waals surface area contributed by atoms with Crippen LogP contribution in [0.1, 0.15) is 40.5 Å². The zero-order chi connectivity index (χ0) is 15.0. The molecule has 1 fully saturated rings. The van der Waals surface area contributed by atoms with Crippen molar-refractivity contribution in [3.63, 3.8) is 0 Å². The Morgan fingerprint density at radius 2 is 2.29 bits per heavy atom. The minimum absolute atomic E-state index is 0.274. The molecule has 0 aliphatic heterocycles. The van der Waals surface area contributed by atoms with Crippen molar-refractivity contribution in [2.24, 2.45) is 0 Å². The van der Waals surface area contributed by atoms with Crippen molar-refractivity contribution in [2.75, 3.05) is 7.11 Å². The van der Waals surface area contributed by atoms with E-state index in [0.717, 1.165) is 24.1 Å². The zero-order valence-corrected chi connectivity index (χ0v) is 13.1. The molecule has 110 valence electrons. The number of rotatable bonds is 4. The molecular weight excluding hydrogens is 339 g/mol. The highest BCUT2D eigenvalue weighted by atomic mass is 79.9. The van der Waals surface area contributed by atoms with Gasteiger partial charge >= 0.3 is 5.97 Å². The fraction of sp³-hybridized carbons (Fsp3) is 0.333. The Labute approximate surface area is 130 Å². The lowest BCUT2D eigenvalue weighted by atomic mass is 10.2. The van der Waals surface area contributed by atoms with Crippen LogP contribution in [0, 0.1) is 5.82 Å². The van der Waals surface area contributed by atoms with Gasteiger partial charge in [-0.2, -0.15) is 5.10 Å². The van der Waals surface area contributed by atoms with Crippen LogP contribution in [0.15, 0.2) is 28.7 Å². The number of hydrogen-bond acceptors (Lipinski definition) is 3. The summed E-state index contributed by atoms with van der Waals surface area (Å²) in [5.41, 5.74) is 2.07. The van der Waals surface area contributed by atoms with Crippen molar-refractivity contribution < 1.29 is 13.9 Å². The molecule has 1 aliphatic rings. The monoisotopic (exact) mass is 352 g/mol. The van der Waals surface area contributed by atoms with Gasteiger partial charge in [0.25, 0.3) is 0 Å². The summed E-state index contributed by atoms with van der Waals surface area (Å²) in [5, 5.41) is 4.34. The van der Waals surface area contributed by atoms with E-state index in [1.807, 2.05) is 6.07 Å². The average Bonchev–Trinajstić information content (AvgIpc) is 3.23. The van der Waals surface area contributed by atoms with E-state index in [9.17, 15) is 9.18 Å². The molecule has 6 heteroatoms. The molecule has 1 saturated carbocycles. The molecule has 3 rings (SSSR count). The van der Waals surface area contributed by atoms with E-state index in [1.54, 1.807) is 10.7 Å². The molecule has 0 atom stereocenters. The number of hydrogen-bond donors (Lipinski definition) is 0. The summed E-state index contributed by atoms with van der Waals surface area (Å²) < 4.78 is 20.5. The summed E-state index contributed by atoms with van der Waals surface area (Å²) in [5.74, 6) is -0.347. The maximum absolute atomic E-state index is 13.3. The molecule has 0 bridgehead atoms. The van der Waals surface area contributed by atoms with Crippen LogP contribution in [0.4, 0.5) is 4.39 Å². The first-order valence-corrected chi connectivity index (χ1v) is 7.48.